The molecule has 0 radical (unpaired) electrons. The van der Waals surface area contributed by atoms with E-state index in [1.165, 1.54) is 6.08 Å². The van der Waals surface area contributed by atoms with Gasteiger partial charge in [-0.3, -0.25) is 4.79 Å². The minimum atomic E-state index is -0.578. The number of hydrogen-bond acceptors (Lipinski definition) is 3. The largest absolute Gasteiger partial charge is 0.462 e. The number of carbonyl (C=O) groups excluding carboxylic acids is 1. The van der Waals surface area contributed by atoms with Crippen LogP contribution in [0.25, 0.3) is 6.08 Å². The quantitative estimate of drug-likeness (QED) is 0.850. The van der Waals surface area contributed by atoms with Gasteiger partial charge >= 0.3 is 0 Å². The SMILES string of the molecule is Cc1ccc(/C=C/C(=O)N[C@H]2c3ccccc3C[C@H]2O)o1. The molecule has 2 atom stereocenters. The van der Waals surface area contributed by atoms with E-state index in [4.69, 9.17) is 4.42 Å². The topological polar surface area (TPSA) is 62.5 Å². The summed E-state index contributed by atoms with van der Waals surface area (Å²) in [6, 6.07) is 11.1. The van der Waals surface area contributed by atoms with Gasteiger partial charge in [-0.1, -0.05) is 24.3 Å². The Balaban J connectivity index is 1.69. The average molecular weight is 283 g/mol. The van der Waals surface area contributed by atoms with Crippen LogP contribution in [0.15, 0.2) is 46.9 Å². The molecule has 21 heavy (non-hydrogen) atoms. The first-order valence-electron chi connectivity index (χ1n) is 6.94. The fourth-order valence-corrected chi connectivity index (χ4v) is 2.65. The molecule has 0 unspecified atom stereocenters. The van der Waals surface area contributed by atoms with E-state index in [0.717, 1.165) is 16.9 Å². The first kappa shape index (κ1) is 13.6. The molecule has 1 aromatic heterocycles. The summed E-state index contributed by atoms with van der Waals surface area (Å²) in [6.07, 6.45) is 3.04. The Labute approximate surface area is 123 Å². The molecule has 1 aliphatic carbocycles. The van der Waals surface area contributed by atoms with Crippen LogP contribution in [-0.2, 0) is 11.2 Å². The highest BCUT2D eigenvalue weighted by Gasteiger charge is 2.31. The lowest BCUT2D eigenvalue weighted by molar-refractivity contribution is -0.117. The number of aliphatic hydroxyl groups is 1. The summed E-state index contributed by atoms with van der Waals surface area (Å²) in [4.78, 5) is 12.0. The van der Waals surface area contributed by atoms with Gasteiger partial charge in [-0.05, 0) is 36.3 Å². The molecular weight excluding hydrogens is 266 g/mol. The average Bonchev–Trinajstić information content (AvgIpc) is 3.01. The van der Waals surface area contributed by atoms with Crippen LogP contribution in [0.4, 0.5) is 0 Å². The Bertz CT molecular complexity index is 687. The van der Waals surface area contributed by atoms with Crippen molar-refractivity contribution in [3.63, 3.8) is 0 Å². The van der Waals surface area contributed by atoms with E-state index in [9.17, 15) is 9.90 Å². The maximum atomic E-state index is 12.0. The van der Waals surface area contributed by atoms with Gasteiger partial charge in [0.15, 0.2) is 0 Å². The van der Waals surface area contributed by atoms with Gasteiger partial charge in [-0.15, -0.1) is 0 Å². The van der Waals surface area contributed by atoms with E-state index in [0.29, 0.717) is 12.2 Å². The molecule has 4 nitrogen and oxygen atoms in total. The molecule has 1 amide bonds. The van der Waals surface area contributed by atoms with Crippen LogP contribution in [0.5, 0.6) is 0 Å². The van der Waals surface area contributed by atoms with E-state index in [-0.39, 0.29) is 11.9 Å². The summed E-state index contributed by atoms with van der Waals surface area (Å²) in [5.74, 6) is 1.19. The van der Waals surface area contributed by atoms with Crippen LogP contribution in [0, 0.1) is 6.92 Å². The minimum absolute atomic E-state index is 0.246. The zero-order valence-corrected chi connectivity index (χ0v) is 11.7. The molecule has 0 aliphatic heterocycles. The van der Waals surface area contributed by atoms with Crippen molar-refractivity contribution >= 4 is 12.0 Å². The molecule has 2 aromatic rings. The number of carbonyl (C=O) groups is 1. The monoisotopic (exact) mass is 283 g/mol. The third-order valence-electron chi connectivity index (χ3n) is 3.66. The van der Waals surface area contributed by atoms with Crippen LogP contribution in [0.2, 0.25) is 0 Å². The second-order valence-electron chi connectivity index (χ2n) is 5.24. The number of nitrogens with one attached hydrogen (secondary N) is 1. The Morgan fingerprint density at radius 1 is 1.33 bits per heavy atom. The van der Waals surface area contributed by atoms with Crippen molar-refractivity contribution in [2.75, 3.05) is 0 Å². The van der Waals surface area contributed by atoms with Gasteiger partial charge < -0.3 is 14.8 Å². The van der Waals surface area contributed by atoms with Crippen molar-refractivity contribution in [3.8, 4) is 0 Å². The number of amides is 1. The highest BCUT2D eigenvalue weighted by Crippen LogP contribution is 2.31. The summed E-state index contributed by atoms with van der Waals surface area (Å²) in [5.41, 5.74) is 2.07. The molecular formula is C17H17NO3. The number of furan rings is 1. The molecule has 0 fully saturated rings. The number of aliphatic hydroxyl groups excluding tert-OH is 1. The lowest BCUT2D eigenvalue weighted by Gasteiger charge is -2.16. The zero-order valence-electron chi connectivity index (χ0n) is 11.7. The predicted molar refractivity (Wildman–Crippen MR) is 79.5 cm³/mol. The molecule has 108 valence electrons. The Kier molecular flexibility index (Phi) is 3.62. The number of aryl methyl sites for hydroxylation is 1. The Hall–Kier alpha value is -2.33. The standard InChI is InChI=1S/C17H17NO3/c1-11-6-7-13(21-11)8-9-16(20)18-17-14-5-3-2-4-12(14)10-15(17)19/h2-9,15,17,19H,10H2,1H3,(H,18,20)/b9-8+/t15-,17+/m1/s1. The molecule has 0 spiro atoms. The van der Waals surface area contributed by atoms with E-state index < -0.39 is 6.10 Å². The third kappa shape index (κ3) is 2.90. The van der Waals surface area contributed by atoms with Gasteiger partial charge in [-0.2, -0.15) is 0 Å². The molecule has 0 bridgehead atoms. The molecule has 2 N–H and O–H groups in total. The molecule has 3 rings (SSSR count). The Morgan fingerprint density at radius 3 is 2.90 bits per heavy atom. The van der Waals surface area contributed by atoms with E-state index in [2.05, 4.69) is 5.32 Å². The van der Waals surface area contributed by atoms with Crippen molar-refractivity contribution < 1.29 is 14.3 Å². The lowest BCUT2D eigenvalue weighted by Crippen LogP contribution is -2.32. The molecule has 1 aromatic carbocycles. The van der Waals surface area contributed by atoms with Gasteiger partial charge in [-0.25, -0.2) is 0 Å². The van der Waals surface area contributed by atoms with Crippen LogP contribution in [0.1, 0.15) is 28.7 Å². The molecule has 1 heterocycles. The first-order chi connectivity index (χ1) is 10.1. The summed E-state index contributed by atoms with van der Waals surface area (Å²) in [6.45, 7) is 1.85. The van der Waals surface area contributed by atoms with E-state index in [1.54, 1.807) is 12.1 Å². The van der Waals surface area contributed by atoms with E-state index >= 15 is 0 Å². The van der Waals surface area contributed by atoms with Crippen molar-refractivity contribution in [3.05, 3.63) is 65.1 Å². The van der Waals surface area contributed by atoms with Crippen LogP contribution in [0.3, 0.4) is 0 Å². The maximum absolute atomic E-state index is 12.0. The van der Waals surface area contributed by atoms with Crippen LogP contribution < -0.4 is 5.32 Å². The van der Waals surface area contributed by atoms with Gasteiger partial charge in [0.2, 0.25) is 5.91 Å². The third-order valence-corrected chi connectivity index (χ3v) is 3.66. The van der Waals surface area contributed by atoms with E-state index in [1.807, 2.05) is 37.3 Å². The van der Waals surface area contributed by atoms with Crippen LogP contribution >= 0.6 is 0 Å². The molecule has 1 aliphatic rings. The smallest absolute Gasteiger partial charge is 0.244 e. The normalized spacial score (nSPS) is 20.7. The maximum Gasteiger partial charge on any atom is 0.244 e. The summed E-state index contributed by atoms with van der Waals surface area (Å²) in [7, 11) is 0. The van der Waals surface area contributed by atoms with Crippen molar-refractivity contribution in [1.82, 2.24) is 5.32 Å². The number of rotatable bonds is 3. The van der Waals surface area contributed by atoms with Gasteiger partial charge in [0.25, 0.3) is 0 Å². The summed E-state index contributed by atoms with van der Waals surface area (Å²) >= 11 is 0. The first-order valence-corrected chi connectivity index (χ1v) is 6.94. The van der Waals surface area contributed by atoms with Crippen molar-refractivity contribution in [1.29, 1.82) is 0 Å². The van der Waals surface area contributed by atoms with Gasteiger partial charge in [0.1, 0.15) is 11.5 Å². The summed E-state index contributed by atoms with van der Waals surface area (Å²) in [5, 5.41) is 12.9. The highest BCUT2D eigenvalue weighted by atomic mass is 16.3. The highest BCUT2D eigenvalue weighted by molar-refractivity contribution is 5.91. The summed E-state index contributed by atoms with van der Waals surface area (Å²) < 4.78 is 5.37. The number of fused-ring (bicyclic) bond motifs is 1. The molecule has 0 saturated carbocycles. The van der Waals surface area contributed by atoms with Crippen molar-refractivity contribution in [2.24, 2.45) is 0 Å². The fourth-order valence-electron chi connectivity index (χ4n) is 2.65. The minimum Gasteiger partial charge on any atom is -0.462 e. The lowest BCUT2D eigenvalue weighted by atomic mass is 10.1. The van der Waals surface area contributed by atoms with Gasteiger partial charge in [0.05, 0.1) is 12.1 Å². The zero-order chi connectivity index (χ0) is 14.8. The predicted octanol–water partition coefficient (Wildman–Crippen LogP) is 2.38. The second kappa shape index (κ2) is 5.58. The van der Waals surface area contributed by atoms with Gasteiger partial charge in [0, 0.05) is 12.5 Å². The number of hydrogen-bond donors (Lipinski definition) is 2. The molecule has 4 heteroatoms. The molecule has 0 saturated heterocycles. The number of benzene rings is 1. The second-order valence-corrected chi connectivity index (χ2v) is 5.24. The Morgan fingerprint density at radius 2 is 2.14 bits per heavy atom. The fraction of sp³-hybridized carbons (Fsp3) is 0.235. The van der Waals surface area contributed by atoms with Crippen molar-refractivity contribution in [2.45, 2.75) is 25.5 Å². The van der Waals surface area contributed by atoms with Crippen LogP contribution in [-0.4, -0.2) is 17.1 Å².